The highest BCUT2D eigenvalue weighted by atomic mass is 16.5. The molecule has 1 rings (SSSR count). The van der Waals surface area contributed by atoms with E-state index in [0.29, 0.717) is 19.5 Å². The van der Waals surface area contributed by atoms with Crippen LogP contribution in [0.4, 0.5) is 4.79 Å². The van der Waals surface area contributed by atoms with Crippen LogP contribution in [0.1, 0.15) is 19.3 Å². The molecule has 1 N–H and O–H groups in total. The van der Waals surface area contributed by atoms with Gasteiger partial charge < -0.3 is 15.0 Å². The molecule has 104 valence electrons. The zero-order valence-corrected chi connectivity index (χ0v) is 11.4. The number of hydrogen-bond donors (Lipinski definition) is 1. The summed E-state index contributed by atoms with van der Waals surface area (Å²) in [6.07, 6.45) is 2.06. The van der Waals surface area contributed by atoms with Crippen molar-refractivity contribution in [1.82, 2.24) is 15.1 Å². The molecule has 2 amide bonds. The van der Waals surface area contributed by atoms with Gasteiger partial charge in [-0.25, -0.2) is 4.79 Å². The Labute approximate surface area is 108 Å². The lowest BCUT2D eigenvalue weighted by atomic mass is 10.2. The van der Waals surface area contributed by atoms with Crippen LogP contribution in [-0.4, -0.2) is 68.7 Å². The molecule has 6 heteroatoms. The molecule has 1 saturated heterocycles. The van der Waals surface area contributed by atoms with Crippen molar-refractivity contribution in [3.63, 3.8) is 0 Å². The summed E-state index contributed by atoms with van der Waals surface area (Å²) in [6, 6.07) is -0.364. The fraction of sp³-hybridized carbons (Fsp3) is 0.833. The van der Waals surface area contributed by atoms with E-state index in [0.717, 1.165) is 19.4 Å². The van der Waals surface area contributed by atoms with Crippen LogP contribution in [0.25, 0.3) is 0 Å². The molecule has 1 fully saturated rings. The van der Waals surface area contributed by atoms with Crippen LogP contribution in [0.5, 0.6) is 0 Å². The summed E-state index contributed by atoms with van der Waals surface area (Å²) in [6.45, 7) is 2.18. The molecule has 1 heterocycles. The molecule has 0 aliphatic carbocycles. The lowest BCUT2D eigenvalue weighted by Crippen LogP contribution is -2.46. The highest BCUT2D eigenvalue weighted by Crippen LogP contribution is 2.18. The first-order valence-electron chi connectivity index (χ1n) is 6.33. The second kappa shape index (κ2) is 7.20. The number of likely N-dealkylation sites (tertiary alicyclic amines) is 1. The Morgan fingerprint density at radius 2 is 2.17 bits per heavy atom. The van der Waals surface area contributed by atoms with E-state index in [1.807, 2.05) is 14.1 Å². The summed E-state index contributed by atoms with van der Waals surface area (Å²) in [7, 11) is 5.34. The molecule has 0 bridgehead atoms. The Hall–Kier alpha value is -1.30. The monoisotopic (exact) mass is 257 g/mol. The number of carbonyl (C=O) groups is 2. The molecule has 18 heavy (non-hydrogen) atoms. The molecule has 0 radical (unpaired) electrons. The van der Waals surface area contributed by atoms with Gasteiger partial charge in [-0.05, 0) is 39.9 Å². The maximum atomic E-state index is 11.9. The molecule has 0 saturated carbocycles. The Kier molecular flexibility index (Phi) is 5.91. The Morgan fingerprint density at radius 3 is 2.78 bits per heavy atom. The molecule has 1 aliphatic rings. The topological polar surface area (TPSA) is 61.9 Å². The van der Waals surface area contributed by atoms with Gasteiger partial charge in [0, 0.05) is 13.1 Å². The van der Waals surface area contributed by atoms with Crippen molar-refractivity contribution < 1.29 is 14.3 Å². The SMILES string of the molecule is COC(=O)N1CCCC1C(=O)NCCCN(C)C. The van der Waals surface area contributed by atoms with E-state index in [2.05, 4.69) is 15.0 Å². The fourth-order valence-electron chi connectivity index (χ4n) is 2.10. The van der Waals surface area contributed by atoms with Crippen LogP contribution in [0.15, 0.2) is 0 Å². The van der Waals surface area contributed by atoms with Crippen LogP contribution in [0, 0.1) is 0 Å². The van der Waals surface area contributed by atoms with Gasteiger partial charge in [0.15, 0.2) is 0 Å². The number of hydrogen-bond acceptors (Lipinski definition) is 4. The molecule has 0 aromatic carbocycles. The van der Waals surface area contributed by atoms with Crippen LogP contribution >= 0.6 is 0 Å². The quantitative estimate of drug-likeness (QED) is 0.719. The minimum Gasteiger partial charge on any atom is -0.453 e. The molecule has 1 unspecified atom stereocenters. The number of nitrogens with one attached hydrogen (secondary N) is 1. The van der Waals surface area contributed by atoms with Crippen molar-refractivity contribution in [2.24, 2.45) is 0 Å². The van der Waals surface area contributed by atoms with Crippen molar-refractivity contribution in [2.75, 3.05) is 40.8 Å². The Morgan fingerprint density at radius 1 is 1.44 bits per heavy atom. The van der Waals surface area contributed by atoms with Crippen molar-refractivity contribution in [3.8, 4) is 0 Å². The smallest absolute Gasteiger partial charge is 0.410 e. The van der Waals surface area contributed by atoms with Crippen LogP contribution in [0.3, 0.4) is 0 Å². The van der Waals surface area contributed by atoms with Gasteiger partial charge >= 0.3 is 6.09 Å². The van der Waals surface area contributed by atoms with Gasteiger partial charge in [-0.15, -0.1) is 0 Å². The second-order valence-electron chi connectivity index (χ2n) is 4.77. The number of ether oxygens (including phenoxy) is 1. The summed E-state index contributed by atoms with van der Waals surface area (Å²) in [4.78, 5) is 27.0. The van der Waals surface area contributed by atoms with Gasteiger partial charge in [0.2, 0.25) is 5.91 Å². The van der Waals surface area contributed by atoms with E-state index in [-0.39, 0.29) is 11.9 Å². The number of rotatable bonds is 5. The minimum atomic E-state index is -0.416. The normalized spacial score (nSPS) is 19.1. The highest BCUT2D eigenvalue weighted by molar-refractivity contribution is 5.86. The standard InChI is InChI=1S/C12H23N3O3/c1-14(2)8-5-7-13-11(16)10-6-4-9-15(10)12(17)18-3/h10H,4-9H2,1-3H3,(H,13,16). The van der Waals surface area contributed by atoms with E-state index >= 15 is 0 Å². The van der Waals surface area contributed by atoms with Crippen molar-refractivity contribution >= 4 is 12.0 Å². The van der Waals surface area contributed by atoms with Gasteiger partial charge in [-0.2, -0.15) is 0 Å². The molecule has 0 aromatic heterocycles. The van der Waals surface area contributed by atoms with Gasteiger partial charge in [0.05, 0.1) is 7.11 Å². The molecule has 0 spiro atoms. The summed E-state index contributed by atoms with van der Waals surface area (Å²) >= 11 is 0. The van der Waals surface area contributed by atoms with Gasteiger partial charge in [0.1, 0.15) is 6.04 Å². The summed E-state index contributed by atoms with van der Waals surface area (Å²) in [5.41, 5.74) is 0. The first-order chi connectivity index (χ1) is 8.56. The Balaban J connectivity index is 2.34. The van der Waals surface area contributed by atoms with Crippen LogP contribution in [0.2, 0.25) is 0 Å². The highest BCUT2D eigenvalue weighted by Gasteiger charge is 2.34. The number of carbonyl (C=O) groups excluding carboxylic acids is 2. The zero-order chi connectivity index (χ0) is 13.5. The molecule has 1 atom stereocenters. The van der Waals surface area contributed by atoms with E-state index < -0.39 is 6.09 Å². The zero-order valence-electron chi connectivity index (χ0n) is 11.4. The third kappa shape index (κ3) is 4.18. The molecular weight excluding hydrogens is 234 g/mol. The number of nitrogens with zero attached hydrogens (tertiary/aromatic N) is 2. The van der Waals surface area contributed by atoms with Gasteiger partial charge in [0.25, 0.3) is 0 Å². The predicted octanol–water partition coefficient (Wildman–Crippen LogP) is 0.285. The lowest BCUT2D eigenvalue weighted by molar-refractivity contribution is -0.125. The molecule has 1 aliphatic heterocycles. The molecule has 6 nitrogen and oxygen atoms in total. The van der Waals surface area contributed by atoms with Crippen molar-refractivity contribution in [1.29, 1.82) is 0 Å². The molecule has 0 aromatic rings. The maximum absolute atomic E-state index is 11.9. The largest absolute Gasteiger partial charge is 0.453 e. The summed E-state index contributed by atoms with van der Waals surface area (Å²) in [5.74, 6) is -0.0725. The third-order valence-electron chi connectivity index (χ3n) is 3.05. The number of methoxy groups -OCH3 is 1. The van der Waals surface area contributed by atoms with Crippen molar-refractivity contribution in [2.45, 2.75) is 25.3 Å². The average molecular weight is 257 g/mol. The van der Waals surface area contributed by atoms with E-state index in [4.69, 9.17) is 0 Å². The average Bonchev–Trinajstić information content (AvgIpc) is 2.82. The number of amides is 2. The van der Waals surface area contributed by atoms with E-state index in [1.54, 1.807) is 0 Å². The predicted molar refractivity (Wildman–Crippen MR) is 68.3 cm³/mol. The fourth-order valence-corrected chi connectivity index (χ4v) is 2.10. The maximum Gasteiger partial charge on any atom is 0.410 e. The third-order valence-corrected chi connectivity index (χ3v) is 3.05. The second-order valence-corrected chi connectivity index (χ2v) is 4.77. The Bertz CT molecular complexity index is 294. The summed E-state index contributed by atoms with van der Waals surface area (Å²) < 4.78 is 4.67. The van der Waals surface area contributed by atoms with Gasteiger partial charge in [-0.3, -0.25) is 9.69 Å². The first kappa shape index (κ1) is 14.8. The summed E-state index contributed by atoms with van der Waals surface area (Å²) in [5, 5.41) is 2.87. The van der Waals surface area contributed by atoms with Crippen molar-refractivity contribution in [3.05, 3.63) is 0 Å². The van der Waals surface area contributed by atoms with Crippen LogP contribution < -0.4 is 5.32 Å². The van der Waals surface area contributed by atoms with Gasteiger partial charge in [-0.1, -0.05) is 0 Å². The molecular formula is C12H23N3O3. The van der Waals surface area contributed by atoms with E-state index in [1.165, 1.54) is 12.0 Å². The first-order valence-corrected chi connectivity index (χ1v) is 6.33. The minimum absolute atomic E-state index is 0.0725. The van der Waals surface area contributed by atoms with Crippen LogP contribution in [-0.2, 0) is 9.53 Å². The van der Waals surface area contributed by atoms with E-state index in [9.17, 15) is 9.59 Å². The lowest BCUT2D eigenvalue weighted by Gasteiger charge is -2.22.